The van der Waals surface area contributed by atoms with Crippen LogP contribution in [0.5, 0.6) is 17.2 Å². The molecule has 1 fully saturated rings. The van der Waals surface area contributed by atoms with Crippen LogP contribution in [0.15, 0.2) is 36.4 Å². The van der Waals surface area contributed by atoms with Crippen molar-refractivity contribution in [1.29, 1.82) is 0 Å². The predicted molar refractivity (Wildman–Crippen MR) is 144 cm³/mol. The number of aromatic nitrogens is 1. The molecule has 10 heteroatoms. The number of fused-ring (bicyclic) bond motifs is 1. The highest BCUT2D eigenvalue weighted by molar-refractivity contribution is 7.22. The second-order valence-electron chi connectivity index (χ2n) is 8.17. The standard InChI is InChI=1S/C26H30ClN3O5S/c1-32-20-16-18(17-21(33-2)25(20)34-3)8-9-23(31)30(11-5-10-29-12-14-35-15-13-29)26-28-24-19(27)6-4-7-22(24)36-26/h4,6-9,16-17H,5,10-15H2,1-3H3/b9-8+. The number of nitrogens with zero attached hydrogens (tertiary/aromatic N) is 3. The molecule has 0 N–H and O–H groups in total. The van der Waals surface area contributed by atoms with Crippen molar-refractivity contribution in [2.24, 2.45) is 0 Å². The SMILES string of the molecule is COc1cc(/C=C/C(=O)N(CCCN2CCOCC2)c2nc3c(Cl)cccc3s2)cc(OC)c1OC. The van der Waals surface area contributed by atoms with E-state index in [1.165, 1.54) is 11.3 Å². The Morgan fingerprint density at radius 2 is 1.89 bits per heavy atom. The Bertz CT molecular complexity index is 1200. The van der Waals surface area contributed by atoms with E-state index in [0.29, 0.717) is 39.5 Å². The molecule has 1 amide bonds. The van der Waals surface area contributed by atoms with Crippen LogP contribution in [0, 0.1) is 0 Å². The third-order valence-corrected chi connectivity index (χ3v) is 7.27. The number of hydrogen-bond acceptors (Lipinski definition) is 8. The highest BCUT2D eigenvalue weighted by atomic mass is 35.5. The maximum Gasteiger partial charge on any atom is 0.252 e. The Morgan fingerprint density at radius 1 is 1.17 bits per heavy atom. The molecule has 1 aliphatic heterocycles. The lowest BCUT2D eigenvalue weighted by Crippen LogP contribution is -2.39. The molecule has 1 aliphatic rings. The lowest BCUT2D eigenvalue weighted by Gasteiger charge is -2.27. The number of benzene rings is 2. The lowest BCUT2D eigenvalue weighted by atomic mass is 10.1. The van der Waals surface area contributed by atoms with Gasteiger partial charge < -0.3 is 18.9 Å². The Kier molecular flexibility index (Phi) is 9.03. The van der Waals surface area contributed by atoms with Crippen LogP contribution in [0.25, 0.3) is 16.3 Å². The van der Waals surface area contributed by atoms with Crippen LogP contribution < -0.4 is 19.1 Å². The first-order valence-corrected chi connectivity index (χ1v) is 12.9. The molecular formula is C26H30ClN3O5S. The Morgan fingerprint density at radius 3 is 2.53 bits per heavy atom. The average Bonchev–Trinajstić information content (AvgIpc) is 3.35. The highest BCUT2D eigenvalue weighted by Crippen LogP contribution is 2.38. The first-order chi connectivity index (χ1) is 17.5. The fourth-order valence-corrected chi connectivity index (χ4v) is 5.35. The summed E-state index contributed by atoms with van der Waals surface area (Å²) in [4.78, 5) is 22.2. The summed E-state index contributed by atoms with van der Waals surface area (Å²) in [6, 6.07) is 9.26. The minimum absolute atomic E-state index is 0.166. The zero-order valence-electron chi connectivity index (χ0n) is 20.7. The quantitative estimate of drug-likeness (QED) is 0.350. The van der Waals surface area contributed by atoms with Gasteiger partial charge in [0.05, 0.1) is 44.3 Å². The van der Waals surface area contributed by atoms with E-state index in [2.05, 4.69) is 4.90 Å². The summed E-state index contributed by atoms with van der Waals surface area (Å²) in [5, 5.41) is 1.20. The van der Waals surface area contributed by atoms with Gasteiger partial charge >= 0.3 is 0 Å². The fourth-order valence-electron chi connectivity index (χ4n) is 4.05. The topological polar surface area (TPSA) is 73.4 Å². The predicted octanol–water partition coefficient (Wildman–Crippen LogP) is 4.74. The maximum absolute atomic E-state index is 13.4. The summed E-state index contributed by atoms with van der Waals surface area (Å²) < 4.78 is 22.6. The van der Waals surface area contributed by atoms with Gasteiger partial charge in [0.2, 0.25) is 5.75 Å². The van der Waals surface area contributed by atoms with Crippen LogP contribution in [0.1, 0.15) is 12.0 Å². The molecule has 8 nitrogen and oxygen atoms in total. The number of halogens is 1. The molecule has 192 valence electrons. The minimum atomic E-state index is -0.166. The number of carbonyl (C=O) groups excluding carboxylic acids is 1. The number of morpholine rings is 1. The van der Waals surface area contributed by atoms with Gasteiger partial charge in [0, 0.05) is 32.3 Å². The molecule has 0 atom stereocenters. The van der Waals surface area contributed by atoms with Gasteiger partial charge in [0.25, 0.3) is 5.91 Å². The summed E-state index contributed by atoms with van der Waals surface area (Å²) in [6.45, 7) is 4.73. The second kappa shape index (κ2) is 12.4. The number of methoxy groups -OCH3 is 3. The van der Waals surface area contributed by atoms with Crippen molar-refractivity contribution < 1.29 is 23.7 Å². The number of thiazole rings is 1. The first-order valence-electron chi connectivity index (χ1n) is 11.7. The smallest absolute Gasteiger partial charge is 0.252 e. The molecule has 1 saturated heterocycles. The van der Waals surface area contributed by atoms with Gasteiger partial charge in [-0.1, -0.05) is 29.0 Å². The van der Waals surface area contributed by atoms with Gasteiger partial charge in [0.1, 0.15) is 5.52 Å². The van der Waals surface area contributed by atoms with Gasteiger partial charge in [-0.2, -0.15) is 0 Å². The van der Waals surface area contributed by atoms with Gasteiger partial charge in [0.15, 0.2) is 16.6 Å². The van der Waals surface area contributed by atoms with Gasteiger partial charge in [-0.25, -0.2) is 4.98 Å². The molecule has 4 rings (SSSR count). The van der Waals surface area contributed by atoms with E-state index in [9.17, 15) is 4.79 Å². The van der Waals surface area contributed by atoms with Crippen LogP contribution >= 0.6 is 22.9 Å². The molecule has 2 heterocycles. The van der Waals surface area contributed by atoms with Crippen LogP contribution in [-0.4, -0.2) is 76.5 Å². The van der Waals surface area contributed by atoms with Crippen molar-refractivity contribution in [1.82, 2.24) is 9.88 Å². The number of hydrogen-bond donors (Lipinski definition) is 0. The molecular weight excluding hydrogens is 502 g/mol. The number of amides is 1. The van der Waals surface area contributed by atoms with E-state index in [1.807, 2.05) is 18.2 Å². The minimum Gasteiger partial charge on any atom is -0.493 e. The van der Waals surface area contributed by atoms with Crippen LogP contribution in [0.2, 0.25) is 5.02 Å². The number of anilines is 1. The fraction of sp³-hybridized carbons (Fsp3) is 0.385. The van der Waals surface area contributed by atoms with E-state index in [4.69, 9.17) is 35.5 Å². The summed E-state index contributed by atoms with van der Waals surface area (Å²) in [6.07, 6.45) is 4.10. The van der Waals surface area contributed by atoms with E-state index >= 15 is 0 Å². The number of ether oxygens (including phenoxy) is 4. The molecule has 0 saturated carbocycles. The molecule has 36 heavy (non-hydrogen) atoms. The Hall–Kier alpha value is -2.85. The molecule has 0 aliphatic carbocycles. The molecule has 0 bridgehead atoms. The first kappa shape index (κ1) is 26.2. The zero-order valence-corrected chi connectivity index (χ0v) is 22.2. The molecule has 0 radical (unpaired) electrons. The third kappa shape index (κ3) is 6.10. The monoisotopic (exact) mass is 531 g/mol. The molecule has 2 aromatic carbocycles. The lowest BCUT2D eigenvalue weighted by molar-refractivity contribution is -0.114. The van der Waals surface area contributed by atoms with E-state index in [-0.39, 0.29) is 5.91 Å². The molecule has 0 unspecified atom stereocenters. The highest BCUT2D eigenvalue weighted by Gasteiger charge is 2.20. The van der Waals surface area contributed by atoms with Crippen molar-refractivity contribution in [2.45, 2.75) is 6.42 Å². The summed E-state index contributed by atoms with van der Waals surface area (Å²) in [5.74, 6) is 1.37. The molecule has 3 aromatic rings. The Labute approximate surface area is 220 Å². The number of carbonyl (C=O) groups is 1. The molecule has 0 spiro atoms. The van der Waals surface area contributed by atoms with Crippen molar-refractivity contribution in [3.63, 3.8) is 0 Å². The normalized spacial score (nSPS) is 14.3. The third-order valence-electron chi connectivity index (χ3n) is 5.92. The molecule has 1 aromatic heterocycles. The van der Waals surface area contributed by atoms with Gasteiger partial charge in [-0.05, 0) is 42.3 Å². The zero-order chi connectivity index (χ0) is 25.5. The van der Waals surface area contributed by atoms with Crippen LogP contribution in [0.3, 0.4) is 0 Å². The van der Waals surface area contributed by atoms with Crippen LogP contribution in [-0.2, 0) is 9.53 Å². The van der Waals surface area contributed by atoms with Gasteiger partial charge in [-0.15, -0.1) is 0 Å². The van der Waals surface area contributed by atoms with Crippen molar-refractivity contribution in [3.05, 3.63) is 47.0 Å². The van der Waals surface area contributed by atoms with Crippen LogP contribution in [0.4, 0.5) is 5.13 Å². The van der Waals surface area contributed by atoms with Crippen molar-refractivity contribution in [2.75, 3.05) is 65.6 Å². The van der Waals surface area contributed by atoms with E-state index in [0.717, 1.165) is 49.5 Å². The van der Waals surface area contributed by atoms with E-state index < -0.39 is 0 Å². The maximum atomic E-state index is 13.4. The second-order valence-corrected chi connectivity index (χ2v) is 9.59. The van der Waals surface area contributed by atoms with Gasteiger partial charge in [-0.3, -0.25) is 14.6 Å². The summed E-state index contributed by atoms with van der Waals surface area (Å²) in [7, 11) is 4.67. The van der Waals surface area contributed by atoms with Crippen molar-refractivity contribution >= 4 is 50.3 Å². The summed E-state index contributed by atoms with van der Waals surface area (Å²) in [5.41, 5.74) is 1.46. The van der Waals surface area contributed by atoms with Crippen molar-refractivity contribution in [3.8, 4) is 17.2 Å². The number of rotatable bonds is 10. The largest absolute Gasteiger partial charge is 0.493 e. The summed E-state index contributed by atoms with van der Waals surface area (Å²) >= 11 is 7.82. The van der Waals surface area contributed by atoms with E-state index in [1.54, 1.807) is 50.5 Å². The Balaban J connectivity index is 1.57. The number of para-hydroxylation sites is 1. The average molecular weight is 532 g/mol.